The molecule has 1 saturated heterocycles. The lowest BCUT2D eigenvalue weighted by Crippen LogP contribution is -2.60. The fraction of sp³-hybridized carbons (Fsp3) is 0.469. The zero-order valence-corrected chi connectivity index (χ0v) is 42.7. The number of guanidine groups is 2. The number of nitrogens with two attached hydrogens (primary N) is 6. The van der Waals surface area contributed by atoms with Gasteiger partial charge in [-0.1, -0.05) is 30.3 Å². The predicted octanol–water partition coefficient (Wildman–Crippen LogP) is -3.90. The molecule has 2 heterocycles. The van der Waals surface area contributed by atoms with Crippen LogP contribution in [0.1, 0.15) is 82.3 Å². The lowest BCUT2D eigenvalue weighted by molar-refractivity contribution is -0.142. The number of amides is 9. The maximum absolute atomic E-state index is 14.6. The fourth-order valence-electron chi connectivity index (χ4n) is 8.23. The zero-order valence-electron chi connectivity index (χ0n) is 42.7. The first kappa shape index (κ1) is 60.6. The van der Waals surface area contributed by atoms with E-state index in [4.69, 9.17) is 34.4 Å². The second-order valence-corrected chi connectivity index (χ2v) is 18.4. The van der Waals surface area contributed by atoms with Crippen LogP contribution < -0.4 is 76.9 Å². The van der Waals surface area contributed by atoms with E-state index >= 15 is 0 Å². The molecular formula is C49H71N17O11. The highest BCUT2D eigenvalue weighted by molar-refractivity contribution is 5.98. The third-order valence-corrected chi connectivity index (χ3v) is 12.2. The molecule has 0 unspecified atom stereocenters. The molecule has 1 aliphatic rings. The molecule has 22 N–H and O–H groups in total. The van der Waals surface area contributed by atoms with Crippen LogP contribution in [0.25, 0.3) is 10.9 Å². The number of fused-ring (bicyclic) bond motifs is 1. The highest BCUT2D eigenvalue weighted by Crippen LogP contribution is 2.20. The second kappa shape index (κ2) is 30.4. The summed E-state index contributed by atoms with van der Waals surface area (Å²) >= 11 is 0. The van der Waals surface area contributed by atoms with Gasteiger partial charge in [-0.05, 0) is 80.7 Å². The van der Waals surface area contributed by atoms with Gasteiger partial charge in [0.1, 0.15) is 42.3 Å². The highest BCUT2D eigenvalue weighted by atomic mass is 16.4. The van der Waals surface area contributed by atoms with Crippen molar-refractivity contribution in [2.75, 3.05) is 25.4 Å². The third kappa shape index (κ3) is 21.0. The molecule has 4 rings (SSSR count). The first-order valence-corrected chi connectivity index (χ1v) is 25.0. The van der Waals surface area contributed by atoms with Crippen LogP contribution in [-0.4, -0.2) is 143 Å². The smallest absolute Gasteiger partial charge is 0.326 e. The lowest BCUT2D eigenvalue weighted by atomic mass is 10.0. The number of aromatic amines is 1. The summed E-state index contributed by atoms with van der Waals surface area (Å²) < 4.78 is 0. The molecule has 418 valence electrons. The van der Waals surface area contributed by atoms with Gasteiger partial charge in [0.15, 0.2) is 11.9 Å². The Bertz CT molecular complexity index is 2630. The van der Waals surface area contributed by atoms with Gasteiger partial charge in [0.05, 0.1) is 0 Å². The van der Waals surface area contributed by atoms with E-state index < -0.39 is 127 Å². The molecule has 1 fully saturated rings. The number of anilines is 1. The Morgan fingerprint density at radius 1 is 0.714 bits per heavy atom. The number of nitrogen functional groups attached to an aromatic ring is 1. The number of hydrogen-bond donors (Lipinski definition) is 16. The number of carbonyl (C=O) groups is 10. The molecular weight excluding hydrogens is 1000 g/mol. The van der Waals surface area contributed by atoms with E-state index in [1.165, 1.54) is 6.92 Å². The van der Waals surface area contributed by atoms with Gasteiger partial charge in [-0.25, -0.2) is 4.79 Å². The quantitative estimate of drug-likeness (QED) is 0.0236. The van der Waals surface area contributed by atoms with Crippen molar-refractivity contribution in [1.82, 2.24) is 47.5 Å². The molecule has 28 nitrogen and oxygen atoms in total. The number of benzene rings is 2. The summed E-state index contributed by atoms with van der Waals surface area (Å²) in [4.78, 5) is 147. The maximum Gasteiger partial charge on any atom is 0.326 e. The number of aliphatic imine (C=N–C) groups is 2. The topological polar surface area (TPSA) is 484 Å². The largest absolute Gasteiger partial charge is 0.480 e. The summed E-state index contributed by atoms with van der Waals surface area (Å²) in [5, 5.41) is 31.7. The number of carboxylic acid groups (broad SMARTS) is 1. The van der Waals surface area contributed by atoms with Crippen LogP contribution in [0.15, 0.2) is 64.7 Å². The molecule has 0 aliphatic carbocycles. The van der Waals surface area contributed by atoms with E-state index in [9.17, 15) is 53.1 Å². The van der Waals surface area contributed by atoms with Gasteiger partial charge >= 0.3 is 5.97 Å². The number of aromatic nitrogens is 1. The molecule has 0 spiro atoms. The summed E-state index contributed by atoms with van der Waals surface area (Å²) in [6.45, 7) is 1.15. The Morgan fingerprint density at radius 3 is 1.94 bits per heavy atom. The van der Waals surface area contributed by atoms with E-state index in [0.29, 0.717) is 27.7 Å². The zero-order chi connectivity index (χ0) is 56.6. The predicted molar refractivity (Wildman–Crippen MR) is 283 cm³/mol. The number of rotatable bonds is 19. The molecule has 1 aromatic heterocycles. The minimum atomic E-state index is -1.62. The number of carboxylic acids is 1. The summed E-state index contributed by atoms with van der Waals surface area (Å²) in [5.74, 6) is -9.56. The van der Waals surface area contributed by atoms with E-state index in [0.717, 1.165) is 0 Å². The fourth-order valence-corrected chi connectivity index (χ4v) is 8.23. The number of primary amides is 1. The van der Waals surface area contributed by atoms with Gasteiger partial charge in [0.25, 0.3) is 0 Å². The first-order chi connectivity index (χ1) is 36.6. The van der Waals surface area contributed by atoms with Gasteiger partial charge < -0.3 is 87.0 Å². The van der Waals surface area contributed by atoms with Crippen LogP contribution in [0.2, 0.25) is 0 Å². The molecule has 3 aromatic rings. The van der Waals surface area contributed by atoms with E-state index in [-0.39, 0.29) is 82.9 Å². The van der Waals surface area contributed by atoms with Crippen molar-refractivity contribution in [3.63, 3.8) is 0 Å². The summed E-state index contributed by atoms with van der Waals surface area (Å²) in [6.07, 6.45) is -0.450. The minimum absolute atomic E-state index is 0.000550. The van der Waals surface area contributed by atoms with Crippen LogP contribution in [0.5, 0.6) is 0 Å². The van der Waals surface area contributed by atoms with Crippen LogP contribution in [0.3, 0.4) is 0 Å². The van der Waals surface area contributed by atoms with E-state index in [2.05, 4.69) is 57.5 Å². The van der Waals surface area contributed by atoms with Crippen molar-refractivity contribution in [2.24, 2.45) is 38.7 Å². The number of hydrogen-bond acceptors (Lipinski definition) is 13. The molecule has 7 atom stereocenters. The van der Waals surface area contributed by atoms with E-state index in [1.807, 2.05) is 0 Å². The molecule has 2 aromatic carbocycles. The van der Waals surface area contributed by atoms with Crippen LogP contribution in [0, 0.1) is 0 Å². The van der Waals surface area contributed by atoms with Crippen LogP contribution in [-0.2, 0) is 60.8 Å². The van der Waals surface area contributed by atoms with Gasteiger partial charge in [-0.3, -0.25) is 53.1 Å². The summed E-state index contributed by atoms with van der Waals surface area (Å²) in [7, 11) is 0. The number of carbonyl (C=O) groups excluding carboxylic acids is 9. The first-order valence-electron chi connectivity index (χ1n) is 25.0. The number of aliphatic carboxylic acids is 1. The van der Waals surface area contributed by atoms with Gasteiger partial charge in [0, 0.05) is 75.0 Å². The maximum atomic E-state index is 14.6. The second-order valence-electron chi connectivity index (χ2n) is 18.4. The van der Waals surface area contributed by atoms with Crippen molar-refractivity contribution in [1.29, 1.82) is 0 Å². The molecule has 0 radical (unpaired) electrons. The van der Waals surface area contributed by atoms with Crippen molar-refractivity contribution < 1.29 is 53.1 Å². The highest BCUT2D eigenvalue weighted by Gasteiger charge is 2.35. The number of para-hydroxylation sites is 1. The number of H-pyrrole nitrogens is 1. The normalized spacial score (nSPS) is 20.8. The summed E-state index contributed by atoms with van der Waals surface area (Å²) in [6, 6.07) is 3.05. The Kier molecular flexibility index (Phi) is 23.9. The van der Waals surface area contributed by atoms with Crippen molar-refractivity contribution >= 4 is 87.6 Å². The van der Waals surface area contributed by atoms with Crippen LogP contribution >= 0.6 is 0 Å². The summed E-state index contributed by atoms with van der Waals surface area (Å²) in [5.41, 5.74) is 35.5. The Hall–Kier alpha value is -8.98. The van der Waals surface area contributed by atoms with Crippen LogP contribution in [0.4, 0.5) is 5.69 Å². The Morgan fingerprint density at radius 2 is 1.30 bits per heavy atom. The Labute approximate surface area is 443 Å². The number of nitrogens with one attached hydrogen (secondary N) is 9. The Balaban J connectivity index is 1.80. The van der Waals surface area contributed by atoms with Crippen molar-refractivity contribution in [3.8, 4) is 0 Å². The standard InChI is InChI=1S/C49H71N17O11/c1-26(67)60-32(9-4-21-57-48(52)53)41(70)63-35-17-19-40(69)56-20-6-11-36(47(76)77)64-46(75)38(24-28-25-59-31-8-3-2-7-30(28)31)66-42(71)33(10-5-22-58-49(54)55)61-45(74)37(23-27-12-14-29(50)15-13-27)65-44(73)34(62-43(35)72)16-18-39(51)68/h2-3,7-8,12-15,25,32-38,59H,4-6,9-11,16-24,50H2,1H3,(H2,51,68)(H,56,69)(H,60,67)(H,61,74)(H,62,72)(H,63,70)(H,64,75)(H,65,73)(H,66,71)(H,76,77)(H4,52,53,57)(H4,54,55,58)/t32-,33-,34-,35-,36-,37+,38-/m0/s1. The molecule has 77 heavy (non-hydrogen) atoms. The average Bonchev–Trinajstić information content (AvgIpc) is 3.78. The van der Waals surface area contributed by atoms with E-state index in [1.54, 1.807) is 54.7 Å². The minimum Gasteiger partial charge on any atom is -0.480 e. The molecule has 0 bridgehead atoms. The van der Waals surface area contributed by atoms with Gasteiger partial charge in [0.2, 0.25) is 53.2 Å². The lowest BCUT2D eigenvalue weighted by Gasteiger charge is -2.28. The van der Waals surface area contributed by atoms with Gasteiger partial charge in [-0.2, -0.15) is 0 Å². The van der Waals surface area contributed by atoms with Gasteiger partial charge in [-0.15, -0.1) is 0 Å². The monoisotopic (exact) mass is 1070 g/mol. The average molecular weight is 1070 g/mol. The molecule has 9 amide bonds. The molecule has 0 saturated carbocycles. The third-order valence-electron chi connectivity index (χ3n) is 12.2. The number of nitrogens with zero attached hydrogens (tertiary/aromatic N) is 2. The molecule has 1 aliphatic heterocycles. The molecule has 28 heteroatoms. The van der Waals surface area contributed by atoms with Crippen molar-refractivity contribution in [3.05, 3.63) is 65.9 Å². The SMILES string of the molecule is CC(=O)N[C@@H](CCCN=C(N)N)C(=O)N[C@H]1CCC(=O)NCCC[C@@H](C(=O)O)NC(=O)[C@H](Cc2c[nH]c3ccccc23)NC(=O)[C@H](CCCN=C(N)N)NC(=O)[C@@H](Cc2ccc(N)cc2)NC(=O)[C@H](CCC(N)=O)NC1=O. The van der Waals surface area contributed by atoms with Crippen molar-refractivity contribution in [2.45, 2.75) is 126 Å².